The lowest BCUT2D eigenvalue weighted by Gasteiger charge is -2.51. The van der Waals surface area contributed by atoms with E-state index in [1.807, 2.05) is 0 Å². The van der Waals surface area contributed by atoms with Crippen LogP contribution in [-0.2, 0) is 26.9 Å². The van der Waals surface area contributed by atoms with Crippen molar-refractivity contribution >= 4 is 41.6 Å². The Bertz CT molecular complexity index is 586. The quantitative estimate of drug-likeness (QED) is 0.296. The highest BCUT2D eigenvalue weighted by molar-refractivity contribution is 6.71. The smallest absolute Gasteiger partial charge is 0.187 e. The molecule has 0 radical (unpaired) electrons. The first-order chi connectivity index (χ1) is 14.0. The lowest BCUT2D eigenvalue weighted by Crippen LogP contribution is -2.67. The SMILES string of the molecule is C[Si](C)(C)OC[C@H]1O[C@@H](O[Si](C)(C)C)[C@H](O[Si](C)(C)C)[C@H](O[Si](C)(C)C)[C@H]1O[Si](C)(C)C. The van der Waals surface area contributed by atoms with E-state index in [4.69, 9.17) is 26.9 Å². The molecule has 0 N–H and O–H groups in total. The van der Waals surface area contributed by atoms with Crippen molar-refractivity contribution in [2.24, 2.45) is 0 Å². The standard InChI is InChI=1S/C21H52O6Si5/c1-28(2,3)22-16-17-18(24-29(4,5)6)19(25-30(7,8)9)20(26-31(10,11)12)21(23-17)27-32(13,14)15/h17-21H,16H2,1-15H3/t17-,18+,19-,20-,21+/m1/s1. The third-order valence-electron chi connectivity index (χ3n) is 4.21. The van der Waals surface area contributed by atoms with Crippen molar-refractivity contribution < 1.29 is 26.9 Å². The molecule has 1 heterocycles. The van der Waals surface area contributed by atoms with Crippen LogP contribution in [0.5, 0.6) is 0 Å². The van der Waals surface area contributed by atoms with Crippen molar-refractivity contribution in [3.8, 4) is 0 Å². The molecular formula is C21H52O6Si5. The number of rotatable bonds is 11. The average Bonchev–Trinajstić information content (AvgIpc) is 2.45. The monoisotopic (exact) mass is 540 g/mol. The maximum absolute atomic E-state index is 6.85. The summed E-state index contributed by atoms with van der Waals surface area (Å²) in [5.41, 5.74) is 0. The zero-order valence-electron chi connectivity index (χ0n) is 23.5. The second-order valence-corrected chi connectivity index (χ2v) is 36.1. The van der Waals surface area contributed by atoms with Gasteiger partial charge in [-0.15, -0.1) is 0 Å². The van der Waals surface area contributed by atoms with Crippen LogP contribution in [0.4, 0.5) is 0 Å². The van der Waals surface area contributed by atoms with Crippen LogP contribution in [-0.4, -0.2) is 78.9 Å². The minimum Gasteiger partial charge on any atom is -0.415 e. The summed E-state index contributed by atoms with van der Waals surface area (Å²) in [6.45, 7) is 33.6. The molecule has 0 aliphatic carbocycles. The number of hydrogen-bond donors (Lipinski definition) is 0. The highest BCUT2D eigenvalue weighted by Gasteiger charge is 2.52. The molecule has 0 aromatic heterocycles. The molecule has 0 spiro atoms. The Morgan fingerprint density at radius 1 is 0.469 bits per heavy atom. The second-order valence-electron chi connectivity index (χ2n) is 13.8. The van der Waals surface area contributed by atoms with E-state index in [0.717, 1.165) is 0 Å². The van der Waals surface area contributed by atoms with Crippen molar-refractivity contribution in [3.63, 3.8) is 0 Å². The molecule has 0 bridgehead atoms. The van der Waals surface area contributed by atoms with Crippen LogP contribution in [0.1, 0.15) is 0 Å². The molecule has 1 saturated heterocycles. The first kappa shape index (κ1) is 30.9. The van der Waals surface area contributed by atoms with Crippen LogP contribution < -0.4 is 0 Å². The summed E-state index contributed by atoms with van der Waals surface area (Å²) in [6.07, 6.45) is -1.54. The summed E-state index contributed by atoms with van der Waals surface area (Å²) in [7, 11) is -9.37. The van der Waals surface area contributed by atoms with Crippen LogP contribution in [0.25, 0.3) is 0 Å². The third kappa shape index (κ3) is 12.5. The highest BCUT2D eigenvalue weighted by Crippen LogP contribution is 2.35. The predicted molar refractivity (Wildman–Crippen MR) is 147 cm³/mol. The van der Waals surface area contributed by atoms with Crippen LogP contribution in [0.15, 0.2) is 0 Å². The summed E-state index contributed by atoms with van der Waals surface area (Å²) in [5.74, 6) is 0. The highest BCUT2D eigenvalue weighted by atomic mass is 28.4. The summed E-state index contributed by atoms with van der Waals surface area (Å²) >= 11 is 0. The van der Waals surface area contributed by atoms with Crippen molar-refractivity contribution in [3.05, 3.63) is 0 Å². The zero-order chi connectivity index (χ0) is 25.3. The average molecular weight is 541 g/mol. The van der Waals surface area contributed by atoms with Gasteiger partial charge in [0.05, 0.1) is 6.61 Å². The molecule has 0 amide bonds. The Labute approximate surface area is 203 Å². The van der Waals surface area contributed by atoms with Gasteiger partial charge in [-0.1, -0.05) is 0 Å². The van der Waals surface area contributed by atoms with E-state index in [9.17, 15) is 0 Å². The van der Waals surface area contributed by atoms with Gasteiger partial charge in [-0.2, -0.15) is 0 Å². The maximum atomic E-state index is 6.85. The fourth-order valence-electron chi connectivity index (χ4n) is 3.41. The van der Waals surface area contributed by atoms with Gasteiger partial charge >= 0.3 is 0 Å². The summed E-state index contributed by atoms with van der Waals surface area (Å²) < 4.78 is 39.9. The van der Waals surface area contributed by atoms with Crippen LogP contribution >= 0.6 is 0 Å². The van der Waals surface area contributed by atoms with E-state index in [2.05, 4.69) is 98.2 Å². The van der Waals surface area contributed by atoms with Crippen LogP contribution in [0.3, 0.4) is 0 Å². The molecular weight excluding hydrogens is 489 g/mol. The normalized spacial score (nSPS) is 28.8. The third-order valence-corrected chi connectivity index (χ3v) is 9.12. The van der Waals surface area contributed by atoms with Gasteiger partial charge in [-0.25, -0.2) is 0 Å². The number of ether oxygens (including phenoxy) is 1. The first-order valence-electron chi connectivity index (χ1n) is 12.0. The summed E-state index contributed by atoms with van der Waals surface area (Å²) in [4.78, 5) is 0. The molecule has 1 rings (SSSR count). The fraction of sp³-hybridized carbons (Fsp3) is 1.00. The van der Waals surface area contributed by atoms with Gasteiger partial charge in [-0.3, -0.25) is 0 Å². The molecule has 1 fully saturated rings. The first-order valence-corrected chi connectivity index (χ1v) is 29.0. The molecule has 0 aromatic rings. The van der Waals surface area contributed by atoms with E-state index in [1.54, 1.807) is 0 Å². The van der Waals surface area contributed by atoms with Crippen molar-refractivity contribution in [2.45, 2.75) is 129 Å². The van der Waals surface area contributed by atoms with Gasteiger partial charge in [0, 0.05) is 0 Å². The molecule has 0 aromatic carbocycles. The summed E-state index contributed by atoms with van der Waals surface area (Å²) in [6, 6.07) is 0. The minimum absolute atomic E-state index is 0.243. The van der Waals surface area contributed by atoms with E-state index in [0.29, 0.717) is 6.61 Å². The van der Waals surface area contributed by atoms with Gasteiger partial charge in [0.25, 0.3) is 0 Å². The Kier molecular flexibility index (Phi) is 10.5. The largest absolute Gasteiger partial charge is 0.415 e. The van der Waals surface area contributed by atoms with Gasteiger partial charge in [-0.05, 0) is 98.2 Å². The second kappa shape index (κ2) is 10.8. The van der Waals surface area contributed by atoms with E-state index >= 15 is 0 Å². The topological polar surface area (TPSA) is 55.4 Å². The van der Waals surface area contributed by atoms with Crippen molar-refractivity contribution in [1.82, 2.24) is 0 Å². The fourth-order valence-corrected chi connectivity index (χ4v) is 8.21. The van der Waals surface area contributed by atoms with E-state index in [-0.39, 0.29) is 24.4 Å². The van der Waals surface area contributed by atoms with Gasteiger partial charge < -0.3 is 26.9 Å². The molecule has 0 unspecified atom stereocenters. The maximum Gasteiger partial charge on any atom is 0.187 e. The lowest BCUT2D eigenvalue weighted by atomic mass is 9.99. The molecule has 11 heteroatoms. The molecule has 1 aliphatic heterocycles. The summed E-state index contributed by atoms with van der Waals surface area (Å²) in [5, 5.41) is 0. The lowest BCUT2D eigenvalue weighted by molar-refractivity contribution is -0.268. The van der Waals surface area contributed by atoms with Crippen molar-refractivity contribution in [2.75, 3.05) is 6.61 Å². The molecule has 6 nitrogen and oxygen atoms in total. The molecule has 32 heavy (non-hydrogen) atoms. The Hall–Kier alpha value is 0.844. The zero-order valence-corrected chi connectivity index (χ0v) is 28.5. The Balaban J connectivity index is 3.50. The van der Waals surface area contributed by atoms with E-state index < -0.39 is 47.9 Å². The van der Waals surface area contributed by atoms with Crippen LogP contribution in [0.2, 0.25) is 98.2 Å². The number of hydrogen-bond acceptors (Lipinski definition) is 6. The molecule has 0 saturated carbocycles. The molecule has 5 atom stereocenters. The minimum atomic E-state index is -1.92. The molecule has 1 aliphatic rings. The van der Waals surface area contributed by atoms with Crippen molar-refractivity contribution in [1.29, 1.82) is 0 Å². The Morgan fingerprint density at radius 3 is 1.22 bits per heavy atom. The van der Waals surface area contributed by atoms with Gasteiger partial charge in [0.15, 0.2) is 47.9 Å². The van der Waals surface area contributed by atoms with Gasteiger partial charge in [0.2, 0.25) is 0 Å². The van der Waals surface area contributed by atoms with Crippen LogP contribution in [0, 0.1) is 0 Å². The Morgan fingerprint density at radius 2 is 0.844 bits per heavy atom. The molecule has 192 valence electrons. The predicted octanol–water partition coefficient (Wildman–Crippen LogP) is 6.07. The van der Waals surface area contributed by atoms with Gasteiger partial charge in [0.1, 0.15) is 24.4 Å². The van der Waals surface area contributed by atoms with E-state index in [1.165, 1.54) is 0 Å².